The quantitative estimate of drug-likeness (QED) is 0.893. The molecule has 1 aliphatic heterocycles. The monoisotopic (exact) mass is 335 g/mol. The van der Waals surface area contributed by atoms with Crippen LogP contribution in [0.2, 0.25) is 0 Å². The second kappa shape index (κ2) is 5.35. The van der Waals surface area contributed by atoms with Crippen molar-refractivity contribution in [3.05, 3.63) is 40.9 Å². The summed E-state index contributed by atoms with van der Waals surface area (Å²) in [5.74, 6) is -0.464. The molecule has 1 N–H and O–H groups in total. The van der Waals surface area contributed by atoms with E-state index < -0.39 is 5.79 Å². The Labute approximate surface area is 127 Å². The highest BCUT2D eigenvalue weighted by molar-refractivity contribution is 9.10. The van der Waals surface area contributed by atoms with Gasteiger partial charge in [0.25, 0.3) is 0 Å². The molecule has 1 heterocycles. The van der Waals surface area contributed by atoms with Gasteiger partial charge in [0, 0.05) is 10.2 Å². The van der Waals surface area contributed by atoms with Gasteiger partial charge in [-0.15, -0.1) is 0 Å². The molecule has 20 heavy (non-hydrogen) atoms. The van der Waals surface area contributed by atoms with E-state index in [1.165, 1.54) is 10.8 Å². The maximum Gasteiger partial charge on any atom is 0.162 e. The molecule has 1 aliphatic rings. The van der Waals surface area contributed by atoms with Crippen molar-refractivity contribution < 1.29 is 9.47 Å². The standard InChI is InChI=1S/C16H18BrNO2/c1-16(2)19-9-15(10-20-16)18-14-6-4-11-7-13(17)5-3-12(11)8-14/h3-8,15,18H,9-10H2,1-2H3. The third-order valence-corrected chi connectivity index (χ3v) is 3.93. The van der Waals surface area contributed by atoms with Crippen LogP contribution < -0.4 is 5.32 Å². The van der Waals surface area contributed by atoms with E-state index in [4.69, 9.17) is 9.47 Å². The average Bonchev–Trinajstić information content (AvgIpc) is 2.41. The summed E-state index contributed by atoms with van der Waals surface area (Å²) in [5.41, 5.74) is 1.09. The summed E-state index contributed by atoms with van der Waals surface area (Å²) in [5, 5.41) is 5.91. The van der Waals surface area contributed by atoms with Crippen molar-refractivity contribution in [1.29, 1.82) is 0 Å². The molecule has 1 saturated heterocycles. The molecule has 3 rings (SSSR count). The summed E-state index contributed by atoms with van der Waals surface area (Å²) < 4.78 is 12.4. The fourth-order valence-electron chi connectivity index (χ4n) is 2.32. The highest BCUT2D eigenvalue weighted by atomic mass is 79.9. The minimum Gasteiger partial charge on any atom is -0.378 e. The van der Waals surface area contributed by atoms with E-state index in [9.17, 15) is 0 Å². The zero-order valence-corrected chi connectivity index (χ0v) is 13.2. The molecule has 0 atom stereocenters. The van der Waals surface area contributed by atoms with Gasteiger partial charge in [0.1, 0.15) is 0 Å². The third-order valence-electron chi connectivity index (χ3n) is 3.44. The van der Waals surface area contributed by atoms with Crippen molar-refractivity contribution in [2.24, 2.45) is 0 Å². The van der Waals surface area contributed by atoms with Crippen molar-refractivity contribution in [3.8, 4) is 0 Å². The maximum absolute atomic E-state index is 5.66. The van der Waals surface area contributed by atoms with Crippen LogP contribution in [0.3, 0.4) is 0 Å². The Morgan fingerprint density at radius 2 is 1.70 bits per heavy atom. The molecule has 0 spiro atoms. The molecule has 0 aromatic heterocycles. The van der Waals surface area contributed by atoms with Crippen LogP contribution in [0.4, 0.5) is 5.69 Å². The highest BCUT2D eigenvalue weighted by Crippen LogP contribution is 2.24. The number of ether oxygens (including phenoxy) is 2. The second-order valence-electron chi connectivity index (χ2n) is 5.57. The summed E-state index contributed by atoms with van der Waals surface area (Å²) in [6.45, 7) is 5.20. The number of halogens is 1. The van der Waals surface area contributed by atoms with Gasteiger partial charge < -0.3 is 14.8 Å². The molecule has 0 amide bonds. The van der Waals surface area contributed by atoms with Crippen molar-refractivity contribution in [2.75, 3.05) is 18.5 Å². The number of fused-ring (bicyclic) bond motifs is 1. The summed E-state index contributed by atoms with van der Waals surface area (Å²) in [7, 11) is 0. The van der Waals surface area contributed by atoms with Crippen LogP contribution in [-0.4, -0.2) is 25.0 Å². The molecule has 0 bridgehead atoms. The Kier molecular flexibility index (Phi) is 3.71. The number of anilines is 1. The Balaban J connectivity index is 1.73. The van der Waals surface area contributed by atoms with Crippen molar-refractivity contribution >= 4 is 32.4 Å². The first-order valence-electron chi connectivity index (χ1n) is 6.76. The van der Waals surface area contributed by atoms with Crippen LogP contribution >= 0.6 is 15.9 Å². The van der Waals surface area contributed by atoms with Gasteiger partial charge in [-0.2, -0.15) is 0 Å². The molecule has 1 fully saturated rings. The number of hydrogen-bond acceptors (Lipinski definition) is 3. The summed E-state index contributed by atoms with van der Waals surface area (Å²) in [4.78, 5) is 0. The number of nitrogens with one attached hydrogen (secondary N) is 1. The Hall–Kier alpha value is -1.10. The molecular formula is C16H18BrNO2. The van der Waals surface area contributed by atoms with E-state index in [0.29, 0.717) is 13.2 Å². The van der Waals surface area contributed by atoms with E-state index in [2.05, 4.69) is 57.6 Å². The molecule has 2 aromatic rings. The fraction of sp³-hybridized carbons (Fsp3) is 0.375. The SMILES string of the molecule is CC1(C)OCC(Nc2ccc3cc(Br)ccc3c2)CO1. The molecule has 4 heteroatoms. The van der Waals surface area contributed by atoms with E-state index in [0.717, 1.165) is 10.2 Å². The first-order chi connectivity index (χ1) is 9.52. The van der Waals surface area contributed by atoms with Crippen molar-refractivity contribution in [2.45, 2.75) is 25.7 Å². The van der Waals surface area contributed by atoms with E-state index >= 15 is 0 Å². The minimum absolute atomic E-state index is 0.191. The van der Waals surface area contributed by atoms with Crippen LogP contribution in [-0.2, 0) is 9.47 Å². The van der Waals surface area contributed by atoms with Crippen LogP contribution in [0.25, 0.3) is 10.8 Å². The van der Waals surface area contributed by atoms with Gasteiger partial charge in [-0.1, -0.05) is 28.1 Å². The van der Waals surface area contributed by atoms with E-state index in [-0.39, 0.29) is 6.04 Å². The maximum atomic E-state index is 5.66. The average molecular weight is 336 g/mol. The molecule has 0 saturated carbocycles. The molecule has 3 nitrogen and oxygen atoms in total. The number of rotatable bonds is 2. The van der Waals surface area contributed by atoms with Gasteiger partial charge in [-0.25, -0.2) is 0 Å². The number of hydrogen-bond donors (Lipinski definition) is 1. The van der Waals surface area contributed by atoms with Crippen LogP contribution in [0, 0.1) is 0 Å². The molecule has 0 aliphatic carbocycles. The largest absolute Gasteiger partial charge is 0.378 e. The summed E-state index contributed by atoms with van der Waals surface area (Å²) >= 11 is 3.49. The molecule has 0 radical (unpaired) electrons. The zero-order valence-electron chi connectivity index (χ0n) is 11.7. The first-order valence-corrected chi connectivity index (χ1v) is 7.55. The van der Waals surface area contributed by atoms with Gasteiger partial charge >= 0.3 is 0 Å². The molecular weight excluding hydrogens is 318 g/mol. The number of benzene rings is 2. The lowest BCUT2D eigenvalue weighted by Crippen LogP contribution is -2.45. The lowest BCUT2D eigenvalue weighted by Gasteiger charge is -2.35. The van der Waals surface area contributed by atoms with Gasteiger partial charge in [-0.05, 0) is 48.9 Å². The van der Waals surface area contributed by atoms with Gasteiger partial charge in [0.2, 0.25) is 0 Å². The predicted molar refractivity (Wildman–Crippen MR) is 85.0 cm³/mol. The van der Waals surface area contributed by atoms with Gasteiger partial charge in [-0.3, -0.25) is 0 Å². The van der Waals surface area contributed by atoms with Gasteiger partial charge in [0.05, 0.1) is 19.3 Å². The Morgan fingerprint density at radius 1 is 1.05 bits per heavy atom. The molecule has 0 unspecified atom stereocenters. The van der Waals surface area contributed by atoms with Crippen molar-refractivity contribution in [3.63, 3.8) is 0 Å². The normalized spacial score (nSPS) is 19.1. The highest BCUT2D eigenvalue weighted by Gasteiger charge is 2.28. The van der Waals surface area contributed by atoms with Crippen LogP contribution in [0.15, 0.2) is 40.9 Å². The lowest BCUT2D eigenvalue weighted by molar-refractivity contribution is -0.247. The smallest absolute Gasteiger partial charge is 0.162 e. The van der Waals surface area contributed by atoms with E-state index in [1.807, 2.05) is 13.8 Å². The van der Waals surface area contributed by atoms with Crippen LogP contribution in [0.1, 0.15) is 13.8 Å². The van der Waals surface area contributed by atoms with Crippen molar-refractivity contribution in [1.82, 2.24) is 0 Å². The predicted octanol–water partition coefficient (Wildman–Crippen LogP) is 4.17. The fourth-order valence-corrected chi connectivity index (χ4v) is 2.70. The lowest BCUT2D eigenvalue weighted by atomic mass is 10.1. The van der Waals surface area contributed by atoms with Gasteiger partial charge in [0.15, 0.2) is 5.79 Å². The Morgan fingerprint density at radius 3 is 2.45 bits per heavy atom. The summed E-state index contributed by atoms with van der Waals surface area (Å²) in [6, 6.07) is 12.8. The second-order valence-corrected chi connectivity index (χ2v) is 6.49. The Bertz CT molecular complexity index is 617. The summed E-state index contributed by atoms with van der Waals surface area (Å²) in [6.07, 6.45) is 0. The molecule has 2 aromatic carbocycles. The zero-order chi connectivity index (χ0) is 14.2. The van der Waals surface area contributed by atoms with E-state index in [1.54, 1.807) is 0 Å². The topological polar surface area (TPSA) is 30.5 Å². The third kappa shape index (κ3) is 3.14. The van der Waals surface area contributed by atoms with Crippen LogP contribution in [0.5, 0.6) is 0 Å². The minimum atomic E-state index is -0.464. The molecule has 106 valence electrons. The first kappa shape index (κ1) is 13.9.